The monoisotopic (exact) mass is 1840 g/mol. The van der Waals surface area contributed by atoms with Crippen molar-refractivity contribution in [1.82, 2.24) is 24.9 Å². The molecule has 18 rings (SSSR count). The van der Waals surface area contributed by atoms with Gasteiger partial charge < -0.3 is 58.5 Å². The number of pyridine rings is 5. The van der Waals surface area contributed by atoms with E-state index in [0.29, 0.717) is 11.8 Å². The zero-order valence-electron chi connectivity index (χ0n) is 65.7. The molecular formula is C106H72N9Ni5O3S. The molecule has 3 radical (unpaired) electrons. The molecule has 0 saturated heterocycles. The molecule has 0 saturated carbocycles. The topological polar surface area (TPSA) is 206 Å². The van der Waals surface area contributed by atoms with Crippen LogP contribution < -0.4 is 0 Å². The van der Waals surface area contributed by atoms with Crippen molar-refractivity contribution in [2.75, 3.05) is 0 Å². The minimum absolute atomic E-state index is 0. The van der Waals surface area contributed by atoms with E-state index >= 15 is 0 Å². The van der Waals surface area contributed by atoms with Crippen molar-refractivity contribution >= 4 is 30.1 Å². The summed E-state index contributed by atoms with van der Waals surface area (Å²) >= 11 is 3.70. The summed E-state index contributed by atoms with van der Waals surface area (Å²) in [6.45, 7) is 0. The summed E-state index contributed by atoms with van der Waals surface area (Å²) in [6.07, 6.45) is 1.25. The number of phenolic OH excluding ortho intramolecular Hbond substituents is 1. The van der Waals surface area contributed by atoms with Crippen LogP contribution in [-0.4, -0.2) is 41.2 Å². The fourth-order valence-electron chi connectivity index (χ4n) is 10.8. The predicted octanol–water partition coefficient (Wildman–Crippen LogP) is 25.2. The third kappa shape index (κ3) is 36.6. The number of aromatic hydroxyl groups is 1. The number of hydrogen-bond donors (Lipinski definition) is 2. The first kappa shape index (κ1) is 102. The van der Waals surface area contributed by atoms with Crippen molar-refractivity contribution in [2.45, 2.75) is 0 Å². The van der Waals surface area contributed by atoms with Crippen LogP contribution in [-0.2, 0) is 99.9 Å². The molecule has 0 aliphatic heterocycles. The Morgan fingerprint density at radius 2 is 0.387 bits per heavy atom. The maximum absolute atomic E-state index is 8.63. The number of isocyanates is 1. The van der Waals surface area contributed by atoms with E-state index in [4.69, 9.17) is 30.9 Å². The normalized spacial score (nSPS) is 9.08. The molecule has 2 N–H and O–H groups in total. The summed E-state index contributed by atoms with van der Waals surface area (Å²) in [6, 6.07) is 169. The number of nitriles is 2. The summed E-state index contributed by atoms with van der Waals surface area (Å²) in [7, 11) is 0. The molecule has 0 aliphatic rings. The van der Waals surface area contributed by atoms with Gasteiger partial charge in [-0.15, -0.1) is 370 Å². The summed E-state index contributed by atoms with van der Waals surface area (Å²) in [5, 5.41) is 42.1. The minimum Gasteiger partial charge on any atom is -0.724 e. The van der Waals surface area contributed by atoms with Gasteiger partial charge in [0, 0.05) is 0 Å². The summed E-state index contributed by atoms with van der Waals surface area (Å²) in [5.74, 6) is 0.322. The van der Waals surface area contributed by atoms with Crippen molar-refractivity contribution < 1.29 is 97.5 Å². The molecule has 615 valence electrons. The number of phenols is 1. The smallest absolute Gasteiger partial charge is 0.724 e. The van der Waals surface area contributed by atoms with Crippen LogP contribution in [0.4, 0.5) is 11.4 Å². The summed E-state index contributed by atoms with van der Waals surface area (Å²) < 4.78 is 0. The second kappa shape index (κ2) is 61.4. The van der Waals surface area contributed by atoms with E-state index in [2.05, 4.69) is 104 Å². The molecule has 0 bridgehead atoms. The number of aliphatic hydroxyl groups excluding tert-OH is 1. The van der Waals surface area contributed by atoms with Crippen LogP contribution in [0, 0.1) is 82.8 Å². The number of nitrogens with zero attached hydrogens (tertiary/aromatic N) is 9. The summed E-state index contributed by atoms with van der Waals surface area (Å²) in [5.41, 5.74) is 21.4. The van der Waals surface area contributed by atoms with E-state index in [1.807, 2.05) is 400 Å². The van der Waals surface area contributed by atoms with Crippen LogP contribution >= 0.6 is 0 Å². The predicted molar refractivity (Wildman–Crippen MR) is 477 cm³/mol. The van der Waals surface area contributed by atoms with Crippen LogP contribution in [0.5, 0.6) is 5.75 Å². The fourth-order valence-corrected chi connectivity index (χ4v) is 10.8. The summed E-state index contributed by atoms with van der Waals surface area (Å²) in [4.78, 5) is 31.5. The van der Waals surface area contributed by atoms with Crippen LogP contribution in [0.1, 0.15) is 0 Å². The average Bonchev–Trinajstić information content (AvgIpc) is 0.859. The van der Waals surface area contributed by atoms with E-state index in [1.54, 1.807) is 24.3 Å². The molecular weight excluding hydrogens is 1770 g/mol. The van der Waals surface area contributed by atoms with Gasteiger partial charge in [0.15, 0.2) is 0 Å². The van der Waals surface area contributed by atoms with Gasteiger partial charge in [-0.2, -0.15) is 5.26 Å². The minimum atomic E-state index is 0. The van der Waals surface area contributed by atoms with Gasteiger partial charge in [0.1, 0.15) is 5.75 Å². The standard InChI is InChI=1S/5C17H11N.C12H10N.C6H6O.CHNO.CNO.CHNS.5Ni/c5*1-3-8-14(9-4-1)16-12-7-13-17(18-16)15-10-5-2-6-11-15;1-3-7-11(8-4-1)13-12-9-5-2-6-10-12;7-6-4-2-1-3-5-6;3*2-1-3;;;;;/h5*1-8,10,12-13H;1-10H;1-5,7H;3H;;3H;;;;;/q5*-2;-1;;;-1;;2*+2;3*+3/p-1. The maximum Gasteiger partial charge on any atom is 3.00 e. The second-order valence-corrected chi connectivity index (χ2v) is 24.4. The molecule has 5 heterocycles. The third-order valence-corrected chi connectivity index (χ3v) is 16.1. The number of thiocyanates is 1. The first-order chi connectivity index (χ1) is 58.7. The molecule has 5 aromatic heterocycles. The largest absolute Gasteiger partial charge is 3.00 e. The molecule has 0 spiro atoms. The molecule has 18 heteroatoms. The van der Waals surface area contributed by atoms with Crippen LogP contribution in [0.3, 0.4) is 0 Å². The zero-order chi connectivity index (χ0) is 83.2. The molecule has 0 fully saturated rings. The van der Waals surface area contributed by atoms with Crippen LogP contribution in [0.15, 0.2) is 425 Å². The van der Waals surface area contributed by atoms with Gasteiger partial charge in [-0.1, -0.05) is 175 Å². The number of aliphatic hydroxyl groups is 1. The number of aromatic nitrogens is 5. The molecule has 124 heavy (non-hydrogen) atoms. The molecule has 0 atom stereocenters. The number of hydrogen-bond acceptors (Lipinski definition) is 11. The van der Waals surface area contributed by atoms with E-state index in [-0.39, 0.29) is 82.5 Å². The Balaban J connectivity index is 0.000000299. The van der Waals surface area contributed by atoms with Crippen molar-refractivity contribution in [3.63, 3.8) is 0 Å². The fraction of sp³-hybridized carbons (Fsp3) is 0. The van der Waals surface area contributed by atoms with Gasteiger partial charge in [-0.25, -0.2) is 5.26 Å². The average molecular weight is 1850 g/mol. The first-order valence-corrected chi connectivity index (χ1v) is 37.3. The first-order valence-electron chi connectivity index (χ1n) is 36.9. The van der Waals surface area contributed by atoms with Crippen molar-refractivity contribution in [3.8, 4) is 130 Å². The number of carbonyl (C=O) groups excluding carboxylic acids is 1. The van der Waals surface area contributed by atoms with Gasteiger partial charge in [0.2, 0.25) is 0 Å². The van der Waals surface area contributed by atoms with Crippen LogP contribution in [0.2, 0.25) is 0 Å². The Morgan fingerprint density at radius 3 is 0.500 bits per heavy atom. The molecule has 0 aliphatic carbocycles. The second-order valence-electron chi connectivity index (χ2n) is 24.2. The Labute approximate surface area is 782 Å². The van der Waals surface area contributed by atoms with Gasteiger partial charge >= 0.3 is 82.5 Å². The Morgan fingerprint density at radius 1 is 0.258 bits per heavy atom. The van der Waals surface area contributed by atoms with E-state index in [1.165, 1.54) is 5.40 Å². The number of para-hydroxylation sites is 3. The molecule has 12 nitrogen and oxygen atoms in total. The molecule has 0 unspecified atom stereocenters. The van der Waals surface area contributed by atoms with Gasteiger partial charge in [0.05, 0.1) is 0 Å². The molecule has 0 amide bonds. The van der Waals surface area contributed by atoms with Crippen molar-refractivity contribution in [3.05, 3.63) is 496 Å². The Kier molecular flexibility index (Phi) is 50.7. The quantitative estimate of drug-likeness (QED) is 0.0294. The number of rotatable bonds is 12. The Hall–Kier alpha value is -13.9. The van der Waals surface area contributed by atoms with Crippen LogP contribution in [0.25, 0.3) is 123 Å². The van der Waals surface area contributed by atoms with E-state index < -0.39 is 0 Å². The maximum atomic E-state index is 8.63. The third-order valence-electron chi connectivity index (χ3n) is 16.1. The van der Waals surface area contributed by atoms with Crippen molar-refractivity contribution in [2.24, 2.45) is 0 Å². The van der Waals surface area contributed by atoms with Crippen molar-refractivity contribution in [1.29, 1.82) is 10.5 Å². The SMILES string of the molecule is N#CO.N#C[S-].Oc1ccccc1.[N-]=C=O.[Ni+2].[Ni+2].[Ni+3].[Ni+3].[Ni+3].[c-]1ccccc1-c1cccc(-c2[c-]cccc2)n1.[c-]1ccccc1-c1cccc(-c2[c-]cccc2)n1.[c-]1ccccc1-c1cccc(-c2[c-]cccc2)n1.[c-]1ccccc1-c1cccc(-c2[c-]cccc2)n1.[c-]1ccccc1-c1cccc(-c2[c-]cccc2)n1.c1ccc([N-]c2ccccc2)cc1. The number of benzene rings is 13. The van der Waals surface area contributed by atoms with E-state index in [0.717, 1.165) is 130 Å². The van der Waals surface area contributed by atoms with Gasteiger partial charge in [-0.3, -0.25) is 4.79 Å². The van der Waals surface area contributed by atoms with Gasteiger partial charge in [0.25, 0.3) is 6.26 Å². The van der Waals surface area contributed by atoms with E-state index in [9.17, 15) is 0 Å². The molecule has 13 aromatic carbocycles. The zero-order valence-corrected chi connectivity index (χ0v) is 71.5. The Bertz CT molecular complexity index is 4950. The van der Waals surface area contributed by atoms with Gasteiger partial charge in [-0.05, 0) is 75.2 Å². The molecule has 18 aromatic rings.